The molecule has 0 spiro atoms. The molecule has 0 unspecified atom stereocenters. The predicted octanol–water partition coefficient (Wildman–Crippen LogP) is 2.76. The molecule has 4 nitrogen and oxygen atoms in total. The Morgan fingerprint density at radius 2 is 1.89 bits per heavy atom. The third-order valence-electron chi connectivity index (χ3n) is 2.01. The lowest BCUT2D eigenvalue weighted by Gasteiger charge is -2.09. The van der Waals surface area contributed by atoms with Crippen LogP contribution in [0.25, 0.3) is 0 Å². The zero-order chi connectivity index (χ0) is 13.8. The van der Waals surface area contributed by atoms with Crippen LogP contribution in [0.2, 0.25) is 10.0 Å². The van der Waals surface area contributed by atoms with Crippen molar-refractivity contribution in [3.63, 3.8) is 0 Å². The first kappa shape index (κ1) is 15.0. The van der Waals surface area contributed by atoms with E-state index in [4.69, 9.17) is 23.2 Å². The number of hydrogen-bond donors (Lipinski definition) is 1. The SMILES string of the molecule is C=CCCC(=O)NS(=O)(=O)c1c(Cl)cccc1Cl. The van der Waals surface area contributed by atoms with Crippen LogP contribution in [-0.4, -0.2) is 14.3 Å². The van der Waals surface area contributed by atoms with Gasteiger partial charge in [0.2, 0.25) is 5.91 Å². The van der Waals surface area contributed by atoms with Gasteiger partial charge in [0.1, 0.15) is 4.90 Å². The van der Waals surface area contributed by atoms with E-state index in [1.165, 1.54) is 24.3 Å². The van der Waals surface area contributed by atoms with E-state index in [0.29, 0.717) is 6.42 Å². The Labute approximate surface area is 116 Å². The van der Waals surface area contributed by atoms with Gasteiger partial charge in [-0.15, -0.1) is 6.58 Å². The van der Waals surface area contributed by atoms with Gasteiger partial charge in [0.15, 0.2) is 0 Å². The number of carbonyl (C=O) groups is 1. The van der Waals surface area contributed by atoms with Crippen molar-refractivity contribution in [2.45, 2.75) is 17.7 Å². The van der Waals surface area contributed by atoms with Crippen molar-refractivity contribution in [3.05, 3.63) is 40.9 Å². The number of rotatable bonds is 5. The maximum absolute atomic E-state index is 11.9. The second-order valence-electron chi connectivity index (χ2n) is 3.41. The lowest BCUT2D eigenvalue weighted by molar-refractivity contribution is -0.119. The van der Waals surface area contributed by atoms with E-state index < -0.39 is 15.9 Å². The molecule has 0 aromatic heterocycles. The fourth-order valence-corrected chi connectivity index (χ4v) is 3.38. The monoisotopic (exact) mass is 307 g/mol. The van der Waals surface area contributed by atoms with Crippen molar-refractivity contribution in [2.75, 3.05) is 0 Å². The molecule has 0 fully saturated rings. The summed E-state index contributed by atoms with van der Waals surface area (Å²) in [6, 6.07) is 4.29. The minimum absolute atomic E-state index is 0.0325. The van der Waals surface area contributed by atoms with E-state index in [1.54, 1.807) is 0 Å². The quantitative estimate of drug-likeness (QED) is 0.851. The van der Waals surface area contributed by atoms with Crippen LogP contribution in [0, 0.1) is 0 Å². The lowest BCUT2D eigenvalue weighted by Crippen LogP contribution is -2.30. The molecule has 7 heteroatoms. The molecule has 1 aromatic carbocycles. The summed E-state index contributed by atoms with van der Waals surface area (Å²) in [5, 5.41) is -0.0713. The van der Waals surface area contributed by atoms with Crippen LogP contribution in [0.5, 0.6) is 0 Å². The Bertz CT molecular complexity index is 549. The summed E-state index contributed by atoms with van der Waals surface area (Å²) in [6.45, 7) is 3.44. The highest BCUT2D eigenvalue weighted by molar-refractivity contribution is 7.90. The van der Waals surface area contributed by atoms with Gasteiger partial charge in [0, 0.05) is 6.42 Å². The highest BCUT2D eigenvalue weighted by Crippen LogP contribution is 2.28. The molecule has 0 heterocycles. The summed E-state index contributed by atoms with van der Waals surface area (Å²) in [4.78, 5) is 11.1. The molecule has 1 rings (SSSR count). The van der Waals surface area contributed by atoms with Gasteiger partial charge < -0.3 is 0 Å². The molecule has 0 aliphatic heterocycles. The van der Waals surface area contributed by atoms with Crippen LogP contribution >= 0.6 is 23.2 Å². The molecule has 0 radical (unpaired) electrons. The van der Waals surface area contributed by atoms with E-state index in [2.05, 4.69) is 6.58 Å². The number of nitrogens with one attached hydrogen (secondary N) is 1. The molecule has 0 saturated carbocycles. The molecule has 1 N–H and O–H groups in total. The number of sulfonamides is 1. The van der Waals surface area contributed by atoms with Gasteiger partial charge in [-0.1, -0.05) is 35.3 Å². The molecular weight excluding hydrogens is 297 g/mol. The van der Waals surface area contributed by atoms with Crippen molar-refractivity contribution in [2.24, 2.45) is 0 Å². The second kappa shape index (κ2) is 6.22. The zero-order valence-electron chi connectivity index (χ0n) is 9.32. The summed E-state index contributed by atoms with van der Waals surface area (Å²) >= 11 is 11.5. The number of hydrogen-bond acceptors (Lipinski definition) is 3. The number of allylic oxidation sites excluding steroid dienone is 1. The molecule has 0 saturated heterocycles. The molecule has 1 aromatic rings. The van der Waals surface area contributed by atoms with Crippen molar-refractivity contribution >= 4 is 39.1 Å². The zero-order valence-corrected chi connectivity index (χ0v) is 11.6. The van der Waals surface area contributed by atoms with E-state index in [9.17, 15) is 13.2 Å². The Morgan fingerprint density at radius 3 is 2.39 bits per heavy atom. The fraction of sp³-hybridized carbons (Fsp3) is 0.182. The largest absolute Gasteiger partial charge is 0.274 e. The van der Waals surface area contributed by atoms with Crippen LogP contribution in [0.3, 0.4) is 0 Å². The fourth-order valence-electron chi connectivity index (χ4n) is 1.22. The van der Waals surface area contributed by atoms with Crippen LogP contribution in [0.15, 0.2) is 35.7 Å². The van der Waals surface area contributed by atoms with E-state index in [1.807, 2.05) is 4.72 Å². The number of amides is 1. The average molecular weight is 308 g/mol. The Balaban J connectivity index is 3.00. The average Bonchev–Trinajstić information content (AvgIpc) is 2.25. The van der Waals surface area contributed by atoms with Gasteiger partial charge in [0.05, 0.1) is 10.0 Å². The number of carbonyl (C=O) groups excluding carboxylic acids is 1. The van der Waals surface area contributed by atoms with Crippen LogP contribution in [-0.2, 0) is 14.8 Å². The second-order valence-corrected chi connectivity index (χ2v) is 5.84. The third kappa shape index (κ3) is 3.73. The smallest absolute Gasteiger partial charge is 0.267 e. The summed E-state index contributed by atoms with van der Waals surface area (Å²) in [6.07, 6.45) is 1.94. The van der Waals surface area contributed by atoms with Crippen LogP contribution in [0.4, 0.5) is 0 Å². The summed E-state index contributed by atoms with van der Waals surface area (Å²) < 4.78 is 25.7. The van der Waals surface area contributed by atoms with Crippen molar-refractivity contribution in [3.8, 4) is 0 Å². The van der Waals surface area contributed by atoms with Crippen molar-refractivity contribution < 1.29 is 13.2 Å². The summed E-state index contributed by atoms with van der Waals surface area (Å²) in [5.41, 5.74) is 0. The molecule has 98 valence electrons. The maximum atomic E-state index is 11.9. The molecule has 0 aliphatic carbocycles. The number of benzene rings is 1. The van der Waals surface area contributed by atoms with Crippen molar-refractivity contribution in [1.82, 2.24) is 4.72 Å². The van der Waals surface area contributed by atoms with E-state index >= 15 is 0 Å². The Morgan fingerprint density at radius 1 is 1.33 bits per heavy atom. The highest BCUT2D eigenvalue weighted by Gasteiger charge is 2.23. The molecular formula is C11H11Cl2NO3S. The van der Waals surface area contributed by atoms with Gasteiger partial charge in [-0.2, -0.15) is 0 Å². The van der Waals surface area contributed by atoms with Crippen molar-refractivity contribution in [1.29, 1.82) is 0 Å². The molecule has 0 atom stereocenters. The van der Waals surface area contributed by atoms with Gasteiger partial charge >= 0.3 is 0 Å². The van der Waals surface area contributed by atoms with E-state index in [-0.39, 0.29) is 21.4 Å². The predicted molar refractivity (Wildman–Crippen MR) is 71.2 cm³/mol. The summed E-state index contributed by atoms with van der Waals surface area (Å²) in [5.74, 6) is -0.633. The molecule has 1 amide bonds. The molecule has 0 bridgehead atoms. The third-order valence-corrected chi connectivity index (χ3v) is 4.34. The van der Waals surface area contributed by atoms with Crippen LogP contribution in [0.1, 0.15) is 12.8 Å². The first-order chi connectivity index (χ1) is 8.38. The van der Waals surface area contributed by atoms with Gasteiger partial charge in [-0.05, 0) is 18.6 Å². The normalized spacial score (nSPS) is 11.0. The summed E-state index contributed by atoms with van der Waals surface area (Å²) in [7, 11) is -4.05. The lowest BCUT2D eigenvalue weighted by atomic mass is 10.3. The Kier molecular flexibility index (Phi) is 5.19. The number of halogens is 2. The first-order valence-corrected chi connectivity index (χ1v) is 7.23. The minimum Gasteiger partial charge on any atom is -0.274 e. The van der Waals surface area contributed by atoms with E-state index in [0.717, 1.165) is 0 Å². The first-order valence-electron chi connectivity index (χ1n) is 4.99. The maximum Gasteiger partial charge on any atom is 0.267 e. The van der Waals surface area contributed by atoms with Gasteiger partial charge in [-0.25, -0.2) is 13.1 Å². The highest BCUT2D eigenvalue weighted by atomic mass is 35.5. The van der Waals surface area contributed by atoms with Gasteiger partial charge in [-0.3, -0.25) is 4.79 Å². The molecule has 0 aliphatic rings. The topological polar surface area (TPSA) is 63.2 Å². The standard InChI is InChI=1S/C11H11Cl2NO3S/c1-2-3-7-10(15)14-18(16,17)11-8(12)5-4-6-9(11)13/h2,4-6H,1,3,7H2,(H,14,15). The molecule has 18 heavy (non-hydrogen) atoms. The Hall–Kier alpha value is -1.04. The van der Waals surface area contributed by atoms with Gasteiger partial charge in [0.25, 0.3) is 10.0 Å². The minimum atomic E-state index is -4.05. The van der Waals surface area contributed by atoms with Crippen LogP contribution < -0.4 is 4.72 Å².